The number of carbonyl (C=O) groups excluding carboxylic acids is 1. The second kappa shape index (κ2) is 6.08. The van der Waals surface area contributed by atoms with Crippen LogP contribution in [0.15, 0.2) is 24.3 Å². The summed E-state index contributed by atoms with van der Waals surface area (Å²) in [6, 6.07) is 8.24. The molecule has 0 aromatic heterocycles. The topological polar surface area (TPSA) is 38.8 Å². The number of halogens is 3. The molecule has 1 spiro atoms. The molecule has 3 rings (SSSR count). The van der Waals surface area contributed by atoms with E-state index in [4.69, 9.17) is 44.3 Å². The molecule has 1 amide bonds. The van der Waals surface area contributed by atoms with Crippen LogP contribution in [0.4, 0.5) is 4.79 Å². The summed E-state index contributed by atoms with van der Waals surface area (Å²) in [4.78, 5) is 13.6. The first-order chi connectivity index (χ1) is 10.4. The lowest BCUT2D eigenvalue weighted by Gasteiger charge is -2.38. The minimum Gasteiger partial charge on any atom is -0.445 e. The second-order valence-electron chi connectivity index (χ2n) is 5.60. The van der Waals surface area contributed by atoms with Gasteiger partial charge in [-0.05, 0) is 24.0 Å². The number of ether oxygens (including phenoxy) is 2. The van der Waals surface area contributed by atoms with E-state index in [0.29, 0.717) is 19.7 Å². The summed E-state index contributed by atoms with van der Waals surface area (Å²) in [7, 11) is 0. The molecule has 22 heavy (non-hydrogen) atoms. The monoisotopic (exact) mass is 363 g/mol. The van der Waals surface area contributed by atoms with Crippen molar-refractivity contribution in [3.05, 3.63) is 35.4 Å². The summed E-state index contributed by atoms with van der Waals surface area (Å²) in [6.45, 7) is 1.51. The first-order valence-corrected chi connectivity index (χ1v) is 8.24. The number of amides is 1. The summed E-state index contributed by atoms with van der Waals surface area (Å²) >= 11 is 16.8. The van der Waals surface area contributed by atoms with Crippen molar-refractivity contribution in [1.29, 1.82) is 0 Å². The Balaban J connectivity index is 1.61. The summed E-state index contributed by atoms with van der Waals surface area (Å²) in [5, 5.41) is 0. The van der Waals surface area contributed by atoms with Crippen molar-refractivity contribution in [2.75, 3.05) is 19.7 Å². The maximum atomic E-state index is 12.0. The van der Waals surface area contributed by atoms with E-state index in [1.807, 2.05) is 12.1 Å². The van der Waals surface area contributed by atoms with Gasteiger partial charge in [0.2, 0.25) is 3.79 Å². The van der Waals surface area contributed by atoms with Crippen LogP contribution in [0, 0.1) is 0 Å². The van der Waals surface area contributed by atoms with Gasteiger partial charge in [0.25, 0.3) is 0 Å². The van der Waals surface area contributed by atoms with Gasteiger partial charge in [0.15, 0.2) is 0 Å². The molecule has 0 atom stereocenters. The lowest BCUT2D eigenvalue weighted by molar-refractivity contribution is -0.0763. The van der Waals surface area contributed by atoms with Crippen LogP contribution < -0.4 is 0 Å². The number of alkyl halides is 3. The Hall–Kier alpha value is -0.680. The van der Waals surface area contributed by atoms with Crippen molar-refractivity contribution in [3.8, 4) is 0 Å². The molecule has 0 saturated carbocycles. The number of likely N-dealkylation sites (tertiary alicyclic amines) is 1. The lowest BCUT2D eigenvalue weighted by Crippen LogP contribution is -2.45. The largest absolute Gasteiger partial charge is 0.445 e. The van der Waals surface area contributed by atoms with Gasteiger partial charge in [-0.15, -0.1) is 0 Å². The molecule has 7 heteroatoms. The molecular formula is C15H16Cl3NO3. The summed E-state index contributed by atoms with van der Waals surface area (Å²) in [5.74, 6) is 0. The van der Waals surface area contributed by atoms with Crippen molar-refractivity contribution in [3.63, 3.8) is 0 Å². The van der Waals surface area contributed by atoms with Crippen molar-refractivity contribution < 1.29 is 14.3 Å². The van der Waals surface area contributed by atoms with Gasteiger partial charge in [-0.25, -0.2) is 4.79 Å². The highest BCUT2D eigenvalue weighted by Gasteiger charge is 2.43. The third-order valence-corrected chi connectivity index (χ3v) is 4.53. The number of hydrogen-bond acceptors (Lipinski definition) is 3. The Kier molecular flexibility index (Phi) is 4.47. The molecule has 0 radical (unpaired) electrons. The zero-order valence-corrected chi connectivity index (χ0v) is 14.1. The highest BCUT2D eigenvalue weighted by Crippen LogP contribution is 2.44. The van der Waals surface area contributed by atoms with Crippen LogP contribution in [0.2, 0.25) is 0 Å². The van der Waals surface area contributed by atoms with E-state index in [1.165, 1.54) is 11.1 Å². The van der Waals surface area contributed by atoms with Crippen LogP contribution in [0.5, 0.6) is 0 Å². The Bertz CT molecular complexity index is 565. The molecule has 0 unspecified atom stereocenters. The van der Waals surface area contributed by atoms with E-state index in [9.17, 15) is 4.79 Å². The molecular weight excluding hydrogens is 349 g/mol. The normalized spacial score (nSPS) is 20.0. The third kappa shape index (κ3) is 3.30. The average molecular weight is 365 g/mol. The predicted molar refractivity (Wildman–Crippen MR) is 85.4 cm³/mol. The van der Waals surface area contributed by atoms with E-state index in [-0.39, 0.29) is 12.2 Å². The van der Waals surface area contributed by atoms with E-state index in [1.54, 1.807) is 4.90 Å². The van der Waals surface area contributed by atoms with Crippen molar-refractivity contribution in [2.45, 2.75) is 28.8 Å². The smallest absolute Gasteiger partial charge is 0.409 e. The molecule has 2 aliphatic heterocycles. The van der Waals surface area contributed by atoms with Crippen LogP contribution in [0.25, 0.3) is 0 Å². The number of carbonyl (C=O) groups is 1. The first-order valence-electron chi connectivity index (χ1n) is 7.10. The Labute approximate surface area is 144 Å². The van der Waals surface area contributed by atoms with Crippen molar-refractivity contribution in [1.82, 2.24) is 4.90 Å². The zero-order valence-electron chi connectivity index (χ0n) is 11.9. The number of rotatable bonds is 1. The molecule has 4 nitrogen and oxygen atoms in total. The van der Waals surface area contributed by atoms with Gasteiger partial charge in [0, 0.05) is 13.1 Å². The van der Waals surface area contributed by atoms with Gasteiger partial charge in [-0.3, -0.25) is 0 Å². The molecule has 2 heterocycles. The number of fused-ring (bicyclic) bond motifs is 2. The number of benzene rings is 1. The Morgan fingerprint density at radius 2 is 1.95 bits per heavy atom. The standard InChI is InChI=1S/C15H16Cl3NO3/c16-15(17,18)10-21-13(20)19-7-5-14(6-8-19)12-4-2-1-3-11(12)9-22-14/h1-4H,5-10H2. The van der Waals surface area contributed by atoms with Gasteiger partial charge in [0.05, 0.1) is 12.2 Å². The Morgan fingerprint density at radius 3 is 2.64 bits per heavy atom. The van der Waals surface area contributed by atoms with Crippen LogP contribution in [0.1, 0.15) is 24.0 Å². The number of piperidine rings is 1. The van der Waals surface area contributed by atoms with Gasteiger partial charge in [-0.2, -0.15) is 0 Å². The van der Waals surface area contributed by atoms with Crippen LogP contribution >= 0.6 is 34.8 Å². The summed E-state index contributed by atoms with van der Waals surface area (Å²) in [6.07, 6.45) is 1.03. The van der Waals surface area contributed by atoms with Crippen LogP contribution in [0.3, 0.4) is 0 Å². The van der Waals surface area contributed by atoms with Crippen LogP contribution in [-0.4, -0.2) is 34.5 Å². The fourth-order valence-corrected chi connectivity index (χ4v) is 3.25. The van der Waals surface area contributed by atoms with E-state index < -0.39 is 9.89 Å². The fraction of sp³-hybridized carbons (Fsp3) is 0.533. The molecule has 1 fully saturated rings. The average Bonchev–Trinajstić information content (AvgIpc) is 2.84. The maximum Gasteiger partial charge on any atom is 0.409 e. The summed E-state index contributed by atoms with van der Waals surface area (Å²) < 4.78 is 9.49. The molecule has 120 valence electrons. The third-order valence-electron chi connectivity index (χ3n) is 4.20. The van der Waals surface area contributed by atoms with Gasteiger partial charge in [0.1, 0.15) is 6.61 Å². The second-order valence-corrected chi connectivity index (χ2v) is 8.11. The molecule has 1 saturated heterocycles. The number of nitrogens with zero attached hydrogens (tertiary/aromatic N) is 1. The molecule has 1 aromatic carbocycles. The van der Waals surface area contributed by atoms with Gasteiger partial charge < -0.3 is 14.4 Å². The Morgan fingerprint density at radius 1 is 1.27 bits per heavy atom. The molecule has 2 aliphatic rings. The van der Waals surface area contributed by atoms with Gasteiger partial charge >= 0.3 is 6.09 Å². The van der Waals surface area contributed by atoms with E-state index in [0.717, 1.165) is 12.8 Å². The highest BCUT2D eigenvalue weighted by molar-refractivity contribution is 6.67. The van der Waals surface area contributed by atoms with Crippen LogP contribution in [-0.2, 0) is 21.7 Å². The minimum atomic E-state index is -1.58. The molecule has 0 N–H and O–H groups in total. The predicted octanol–water partition coefficient (Wildman–Crippen LogP) is 4.01. The fourth-order valence-electron chi connectivity index (χ4n) is 3.08. The maximum absolute atomic E-state index is 12.0. The lowest BCUT2D eigenvalue weighted by atomic mass is 9.84. The van der Waals surface area contributed by atoms with Crippen molar-refractivity contribution >= 4 is 40.9 Å². The minimum absolute atomic E-state index is 0.253. The number of hydrogen-bond donors (Lipinski definition) is 0. The molecule has 1 aromatic rings. The van der Waals surface area contributed by atoms with Crippen molar-refractivity contribution in [2.24, 2.45) is 0 Å². The van der Waals surface area contributed by atoms with Gasteiger partial charge in [-0.1, -0.05) is 59.1 Å². The first kappa shape index (κ1) is 16.2. The van der Waals surface area contributed by atoms with E-state index in [2.05, 4.69) is 12.1 Å². The highest BCUT2D eigenvalue weighted by atomic mass is 35.6. The summed E-state index contributed by atoms with van der Waals surface area (Å²) in [5.41, 5.74) is 2.20. The zero-order chi connectivity index (χ0) is 15.8. The quantitative estimate of drug-likeness (QED) is 0.707. The molecule has 0 aliphatic carbocycles. The SMILES string of the molecule is O=C(OCC(Cl)(Cl)Cl)N1CCC2(CC1)OCc1ccccc12. The molecule has 0 bridgehead atoms. The van der Waals surface area contributed by atoms with E-state index >= 15 is 0 Å².